The highest BCUT2D eigenvalue weighted by molar-refractivity contribution is 5.91. The van der Waals surface area contributed by atoms with Crippen LogP contribution in [0.25, 0.3) is 0 Å². The smallest absolute Gasteiger partial charge is 0.308 e. The molecule has 0 aromatic carbocycles. The zero-order valence-corrected chi connectivity index (χ0v) is 36.4. The van der Waals surface area contributed by atoms with Gasteiger partial charge in [0.1, 0.15) is 30.5 Å². The summed E-state index contributed by atoms with van der Waals surface area (Å²) in [6.07, 6.45) is -6.10. The first-order valence-electron chi connectivity index (χ1n) is 20.9. The van der Waals surface area contributed by atoms with Gasteiger partial charge in [0.15, 0.2) is 24.7 Å². The second-order valence-corrected chi connectivity index (χ2v) is 15.9. The maximum Gasteiger partial charge on any atom is 0.308 e. The third-order valence-electron chi connectivity index (χ3n) is 11.7. The van der Waals surface area contributed by atoms with Crippen LogP contribution in [0.2, 0.25) is 0 Å². The number of carbonyl (C=O) groups is 2. The molecule has 3 aliphatic heterocycles. The lowest BCUT2D eigenvalue weighted by Gasteiger charge is -2.45. The number of likely N-dealkylation sites (N-methyl/N-ethyl adjacent to an activating group) is 1. The number of carbonyl (C=O) groups excluding carboxylic acids is 2. The van der Waals surface area contributed by atoms with E-state index in [2.05, 4.69) is 5.32 Å². The number of aliphatic hydroxyl groups is 4. The number of rotatable bonds is 15. The van der Waals surface area contributed by atoms with Crippen molar-refractivity contribution < 1.29 is 72.6 Å². The van der Waals surface area contributed by atoms with Crippen molar-refractivity contribution in [2.75, 3.05) is 41.1 Å². The second-order valence-electron chi connectivity index (χ2n) is 15.9. The van der Waals surface area contributed by atoms with Gasteiger partial charge in [-0.3, -0.25) is 9.59 Å². The Morgan fingerprint density at radius 1 is 0.845 bits per heavy atom. The number of hydrogen-bond donors (Lipinski definition) is 5. The Kier molecular flexibility index (Phi) is 21.3. The van der Waals surface area contributed by atoms with Gasteiger partial charge in [-0.1, -0.05) is 38.5 Å². The summed E-state index contributed by atoms with van der Waals surface area (Å²) >= 11 is 0. The maximum atomic E-state index is 13.8. The number of allylic oxidation sites excluding steroid dienone is 3. The molecule has 2 fully saturated rings. The average Bonchev–Trinajstić information content (AvgIpc) is 3.18. The van der Waals surface area contributed by atoms with E-state index in [1.165, 1.54) is 20.3 Å². The summed E-state index contributed by atoms with van der Waals surface area (Å²) in [5.74, 6) is -3.11. The molecule has 0 spiro atoms. The Bertz CT molecular complexity index is 1290. The number of methoxy groups -OCH3 is 2. The van der Waals surface area contributed by atoms with Crippen LogP contribution in [0.5, 0.6) is 0 Å². The Morgan fingerprint density at radius 3 is 2.05 bits per heavy atom. The Hall–Kier alpha value is -1.90. The van der Waals surface area contributed by atoms with Crippen LogP contribution in [0.3, 0.4) is 0 Å². The molecule has 16 nitrogen and oxygen atoms in total. The molecule has 17 atom stereocenters. The van der Waals surface area contributed by atoms with Crippen molar-refractivity contribution in [3.05, 3.63) is 23.8 Å². The molecule has 3 aliphatic rings. The van der Waals surface area contributed by atoms with Crippen LogP contribution in [-0.2, 0) is 52.2 Å². The van der Waals surface area contributed by atoms with E-state index >= 15 is 0 Å². The normalized spacial score (nSPS) is 40.1. The first kappa shape index (κ1) is 50.5. The molecule has 3 heterocycles. The zero-order chi connectivity index (χ0) is 43.3. The van der Waals surface area contributed by atoms with Crippen LogP contribution < -0.4 is 5.32 Å². The molecule has 5 N–H and O–H groups in total. The average molecular weight is 832 g/mol. The minimum absolute atomic E-state index is 0.0208. The zero-order valence-electron chi connectivity index (χ0n) is 36.4. The Morgan fingerprint density at radius 2 is 1.47 bits per heavy atom. The van der Waals surface area contributed by atoms with Crippen molar-refractivity contribution in [2.45, 2.75) is 167 Å². The standard InChI is InChI=1S/C42H73NO15/c1-12-31-28(21-54-42-40(51-11)39(50-10)36(48)26(8)56-42)17-22(4)15-16-29(44)23(5)18-27(19-33(52-13-2)53-14-3)38(24(6)30(45)20-32(46)57-31)58-41-37(49)34(43-9)35(47)25(7)55-41/h15-17,23-28,30-31,33-43,45,47-49H,12-14,18-21H2,1-11H3/t23-,24+,25-,26-,27-,28-,30-,31-,34+,35-,36-,37-,38-,39-,40-,41+,42?/m1/s1. The van der Waals surface area contributed by atoms with Gasteiger partial charge in [-0.2, -0.15) is 0 Å². The van der Waals surface area contributed by atoms with Crippen molar-refractivity contribution in [3.63, 3.8) is 0 Å². The highest BCUT2D eigenvalue weighted by Gasteiger charge is 2.47. The molecule has 336 valence electrons. The number of aliphatic hydroxyl groups excluding tert-OH is 4. The summed E-state index contributed by atoms with van der Waals surface area (Å²) in [5, 5.41) is 47.5. The van der Waals surface area contributed by atoms with Crippen LogP contribution in [-0.4, -0.2) is 159 Å². The van der Waals surface area contributed by atoms with Crippen molar-refractivity contribution in [2.24, 2.45) is 23.7 Å². The number of esters is 1. The number of cyclic esters (lactones) is 1. The minimum Gasteiger partial charge on any atom is -0.462 e. The van der Waals surface area contributed by atoms with E-state index < -0.39 is 116 Å². The molecule has 1 unspecified atom stereocenters. The molecule has 3 rings (SSSR count). The van der Waals surface area contributed by atoms with Crippen LogP contribution in [0.15, 0.2) is 23.8 Å². The summed E-state index contributed by atoms with van der Waals surface area (Å²) < 4.78 is 54.0. The first-order valence-corrected chi connectivity index (χ1v) is 20.9. The van der Waals surface area contributed by atoms with Gasteiger partial charge in [-0.25, -0.2) is 0 Å². The number of ketones is 1. The Balaban J connectivity index is 2.03. The van der Waals surface area contributed by atoms with Gasteiger partial charge in [0, 0.05) is 51.6 Å². The van der Waals surface area contributed by atoms with Gasteiger partial charge in [-0.15, -0.1) is 0 Å². The lowest BCUT2D eigenvalue weighted by atomic mass is 9.79. The minimum atomic E-state index is -1.30. The fourth-order valence-corrected chi connectivity index (χ4v) is 8.19. The predicted octanol–water partition coefficient (Wildman–Crippen LogP) is 2.42. The van der Waals surface area contributed by atoms with E-state index in [0.29, 0.717) is 19.6 Å². The molecule has 16 heteroatoms. The molecule has 0 amide bonds. The molecule has 0 aromatic heterocycles. The van der Waals surface area contributed by atoms with Crippen molar-refractivity contribution >= 4 is 11.8 Å². The fourth-order valence-electron chi connectivity index (χ4n) is 8.19. The SMILES string of the molecule is CCOC(C[C@H]1C[C@@H](C)C(=O)C=CC(C)=C[C@H](COC2O[C@H](C)[C@@H](O)[C@@H](OC)[C@H]2OC)[C@@H](CC)OC(=O)C[C@@H](O)[C@H](C)[C@H]1O[C@@H]1O[C@H](C)[C@@H](O)[C@H](NC)[C@H]1O)OCC. The summed E-state index contributed by atoms with van der Waals surface area (Å²) in [4.78, 5) is 27.6. The van der Waals surface area contributed by atoms with E-state index in [4.69, 9.17) is 42.6 Å². The van der Waals surface area contributed by atoms with Gasteiger partial charge in [0.25, 0.3) is 0 Å². The topological polar surface area (TPSA) is 210 Å². The van der Waals surface area contributed by atoms with E-state index in [-0.39, 0.29) is 31.7 Å². The summed E-state index contributed by atoms with van der Waals surface area (Å²) in [6.45, 7) is 15.1. The van der Waals surface area contributed by atoms with E-state index in [1.54, 1.807) is 33.9 Å². The largest absolute Gasteiger partial charge is 0.462 e. The van der Waals surface area contributed by atoms with Gasteiger partial charge in [-0.05, 0) is 66.5 Å². The molecule has 0 aromatic rings. The summed E-state index contributed by atoms with van der Waals surface area (Å²) in [7, 11) is 4.57. The molecule has 0 radical (unpaired) electrons. The van der Waals surface area contributed by atoms with Crippen LogP contribution >= 0.6 is 0 Å². The number of ether oxygens (including phenoxy) is 9. The summed E-state index contributed by atoms with van der Waals surface area (Å²) in [6, 6.07) is -0.778. The summed E-state index contributed by atoms with van der Waals surface area (Å²) in [5.41, 5.74) is 0.722. The van der Waals surface area contributed by atoms with E-state index in [9.17, 15) is 30.0 Å². The van der Waals surface area contributed by atoms with Gasteiger partial charge < -0.3 is 68.4 Å². The number of nitrogens with one attached hydrogen (secondary N) is 1. The van der Waals surface area contributed by atoms with Crippen molar-refractivity contribution in [3.8, 4) is 0 Å². The molecule has 0 bridgehead atoms. The third kappa shape index (κ3) is 13.6. The quantitative estimate of drug-likeness (QED) is 0.119. The van der Waals surface area contributed by atoms with Gasteiger partial charge in [0.2, 0.25) is 0 Å². The van der Waals surface area contributed by atoms with E-state index in [1.807, 2.05) is 40.7 Å². The van der Waals surface area contributed by atoms with Gasteiger partial charge in [0.05, 0.1) is 49.6 Å². The highest BCUT2D eigenvalue weighted by atomic mass is 16.7. The highest BCUT2D eigenvalue weighted by Crippen LogP contribution is 2.36. The van der Waals surface area contributed by atoms with E-state index in [0.717, 1.165) is 5.57 Å². The second kappa shape index (κ2) is 24.5. The van der Waals surface area contributed by atoms with Crippen molar-refractivity contribution in [1.82, 2.24) is 5.32 Å². The molecular formula is C42H73NO15. The predicted molar refractivity (Wildman–Crippen MR) is 212 cm³/mol. The molecule has 58 heavy (non-hydrogen) atoms. The molecule has 0 aliphatic carbocycles. The molecular weight excluding hydrogens is 758 g/mol. The monoisotopic (exact) mass is 831 g/mol. The molecule has 2 saturated heterocycles. The maximum absolute atomic E-state index is 13.8. The lowest BCUT2D eigenvalue weighted by molar-refractivity contribution is -0.304. The van der Waals surface area contributed by atoms with Gasteiger partial charge >= 0.3 is 5.97 Å². The fraction of sp³-hybridized carbons (Fsp3) is 0.857. The van der Waals surface area contributed by atoms with Crippen LogP contribution in [0.4, 0.5) is 0 Å². The number of hydrogen-bond acceptors (Lipinski definition) is 16. The first-order chi connectivity index (χ1) is 27.5. The van der Waals surface area contributed by atoms with Crippen LogP contribution in [0, 0.1) is 23.7 Å². The van der Waals surface area contributed by atoms with Crippen LogP contribution in [0.1, 0.15) is 81.1 Å². The van der Waals surface area contributed by atoms with Crippen molar-refractivity contribution in [1.29, 1.82) is 0 Å². The molecule has 0 saturated carbocycles. The Labute approximate surface area is 344 Å². The third-order valence-corrected chi connectivity index (χ3v) is 11.7. The lowest BCUT2D eigenvalue weighted by Crippen LogP contribution is -2.63.